The monoisotopic (exact) mass is 404 g/mol. The number of alkyl halides is 3. The molecule has 25 heavy (non-hydrogen) atoms. The molecule has 1 heterocycles. The van der Waals surface area contributed by atoms with E-state index in [2.05, 4.69) is 5.32 Å². The van der Waals surface area contributed by atoms with E-state index in [1.807, 2.05) is 4.90 Å². The Bertz CT molecular complexity index is 528. The Kier molecular flexibility index (Phi) is 8.74. The zero-order chi connectivity index (χ0) is 17.7. The van der Waals surface area contributed by atoms with Crippen molar-refractivity contribution in [1.82, 2.24) is 10.2 Å². The van der Waals surface area contributed by atoms with Gasteiger partial charge < -0.3 is 10.1 Å². The second-order valence-electron chi connectivity index (χ2n) is 5.70. The normalized spacial score (nSPS) is 17.0. The summed E-state index contributed by atoms with van der Waals surface area (Å²) in [6.45, 7) is 4.55. The summed E-state index contributed by atoms with van der Waals surface area (Å²) < 4.78 is 57.4. The van der Waals surface area contributed by atoms with E-state index >= 15 is 0 Å². The van der Waals surface area contributed by atoms with E-state index in [4.69, 9.17) is 16.3 Å². The van der Waals surface area contributed by atoms with Crippen molar-refractivity contribution in [3.8, 4) is 5.75 Å². The van der Waals surface area contributed by atoms with Gasteiger partial charge in [-0.3, -0.25) is 4.90 Å². The Morgan fingerprint density at radius 3 is 2.44 bits per heavy atom. The summed E-state index contributed by atoms with van der Waals surface area (Å²) in [5.74, 6) is -0.704. The summed E-state index contributed by atoms with van der Waals surface area (Å²) in [4.78, 5) is 1.94. The van der Waals surface area contributed by atoms with E-state index in [0.717, 1.165) is 0 Å². The molecule has 1 aromatic carbocycles. The topological polar surface area (TPSA) is 24.5 Å². The standard InChI is InChI=1S/C16H21ClF4N2O.ClH/c1-2-24-15-12(17)9-11(10-13(15)18)14(3-4-16(19,20)21)23-7-5-22-6-8-23;/h9-10,14,22H,2-8H2,1H3;1H/t14-;/m1./s1. The number of nitrogens with one attached hydrogen (secondary N) is 1. The van der Waals surface area contributed by atoms with E-state index < -0.39 is 24.5 Å². The lowest BCUT2D eigenvalue weighted by molar-refractivity contribution is -0.138. The highest BCUT2D eigenvalue weighted by atomic mass is 35.5. The maximum absolute atomic E-state index is 14.2. The Morgan fingerprint density at radius 2 is 1.92 bits per heavy atom. The first kappa shape index (κ1) is 22.3. The molecular weight excluding hydrogens is 383 g/mol. The highest BCUT2D eigenvalue weighted by Crippen LogP contribution is 2.36. The summed E-state index contributed by atoms with van der Waals surface area (Å²) >= 11 is 6.07. The van der Waals surface area contributed by atoms with Crippen LogP contribution in [0.5, 0.6) is 5.75 Å². The minimum Gasteiger partial charge on any atom is -0.489 e. The van der Waals surface area contributed by atoms with Crippen LogP contribution in [0.2, 0.25) is 5.02 Å². The van der Waals surface area contributed by atoms with Crippen molar-refractivity contribution in [3.05, 3.63) is 28.5 Å². The highest BCUT2D eigenvalue weighted by molar-refractivity contribution is 6.32. The number of nitrogens with zero attached hydrogens (tertiary/aromatic N) is 1. The molecule has 1 atom stereocenters. The second kappa shape index (κ2) is 9.80. The Labute approximate surface area is 156 Å². The molecule has 0 unspecified atom stereocenters. The third kappa shape index (κ3) is 6.47. The van der Waals surface area contributed by atoms with Crippen molar-refractivity contribution in [3.63, 3.8) is 0 Å². The first-order chi connectivity index (χ1) is 11.3. The number of ether oxygens (including phenoxy) is 1. The first-order valence-electron chi connectivity index (χ1n) is 7.95. The van der Waals surface area contributed by atoms with Crippen LogP contribution in [-0.4, -0.2) is 43.9 Å². The quantitative estimate of drug-likeness (QED) is 0.701. The van der Waals surface area contributed by atoms with Gasteiger partial charge in [-0.25, -0.2) is 4.39 Å². The molecule has 1 aromatic rings. The molecule has 0 saturated carbocycles. The molecule has 1 N–H and O–H groups in total. The van der Waals surface area contributed by atoms with Gasteiger partial charge in [-0.1, -0.05) is 11.6 Å². The number of hydrogen-bond donors (Lipinski definition) is 1. The third-order valence-corrected chi connectivity index (χ3v) is 4.27. The molecule has 0 aliphatic carbocycles. The van der Waals surface area contributed by atoms with Crippen LogP contribution in [0.25, 0.3) is 0 Å². The molecule has 0 aromatic heterocycles. The van der Waals surface area contributed by atoms with Crippen LogP contribution in [0.1, 0.15) is 31.4 Å². The van der Waals surface area contributed by atoms with Crippen LogP contribution in [-0.2, 0) is 0 Å². The van der Waals surface area contributed by atoms with Gasteiger partial charge in [-0.05, 0) is 31.0 Å². The molecular formula is C16H22Cl2F4N2O. The van der Waals surface area contributed by atoms with E-state index in [-0.39, 0.29) is 36.2 Å². The molecule has 1 aliphatic heterocycles. The third-order valence-electron chi connectivity index (χ3n) is 3.99. The number of piperazine rings is 1. The van der Waals surface area contributed by atoms with Gasteiger partial charge in [0.25, 0.3) is 0 Å². The Balaban J connectivity index is 0.00000312. The smallest absolute Gasteiger partial charge is 0.389 e. The zero-order valence-electron chi connectivity index (χ0n) is 13.8. The van der Waals surface area contributed by atoms with Gasteiger partial charge in [0.2, 0.25) is 0 Å². The molecule has 1 fully saturated rings. The Morgan fingerprint density at radius 1 is 1.28 bits per heavy atom. The van der Waals surface area contributed by atoms with Crippen LogP contribution in [0.15, 0.2) is 12.1 Å². The van der Waals surface area contributed by atoms with Gasteiger partial charge in [0, 0.05) is 38.6 Å². The average Bonchev–Trinajstić information content (AvgIpc) is 2.51. The molecule has 2 rings (SSSR count). The summed E-state index contributed by atoms with van der Waals surface area (Å²) in [5, 5.41) is 3.24. The van der Waals surface area contributed by atoms with Crippen molar-refractivity contribution >= 4 is 24.0 Å². The molecule has 3 nitrogen and oxygen atoms in total. The maximum Gasteiger partial charge on any atom is 0.389 e. The van der Waals surface area contributed by atoms with Crippen molar-refractivity contribution in [2.24, 2.45) is 0 Å². The second-order valence-corrected chi connectivity index (χ2v) is 6.11. The van der Waals surface area contributed by atoms with Gasteiger partial charge in [0.05, 0.1) is 11.6 Å². The van der Waals surface area contributed by atoms with Crippen LogP contribution in [0.3, 0.4) is 0 Å². The number of benzene rings is 1. The molecule has 0 spiro atoms. The lowest BCUT2D eigenvalue weighted by Crippen LogP contribution is -2.45. The van der Waals surface area contributed by atoms with E-state index in [1.165, 1.54) is 12.1 Å². The predicted molar refractivity (Wildman–Crippen MR) is 92.3 cm³/mol. The SMILES string of the molecule is CCOc1c(F)cc([C@@H](CCC(F)(F)F)N2CCNCC2)cc1Cl.Cl. The lowest BCUT2D eigenvalue weighted by Gasteiger charge is -2.35. The average molecular weight is 405 g/mol. The van der Waals surface area contributed by atoms with Crippen molar-refractivity contribution in [2.75, 3.05) is 32.8 Å². The van der Waals surface area contributed by atoms with E-state index in [9.17, 15) is 17.6 Å². The summed E-state index contributed by atoms with van der Waals surface area (Å²) in [5.41, 5.74) is 0.451. The minimum absolute atomic E-state index is 0. The van der Waals surface area contributed by atoms with E-state index in [0.29, 0.717) is 31.7 Å². The van der Waals surface area contributed by atoms with Gasteiger partial charge in [0.1, 0.15) is 0 Å². The number of halogens is 6. The largest absolute Gasteiger partial charge is 0.489 e. The van der Waals surface area contributed by atoms with Crippen molar-refractivity contribution < 1.29 is 22.3 Å². The van der Waals surface area contributed by atoms with E-state index in [1.54, 1.807) is 6.92 Å². The molecule has 0 amide bonds. The van der Waals surface area contributed by atoms with Gasteiger partial charge >= 0.3 is 6.18 Å². The molecule has 0 bridgehead atoms. The summed E-state index contributed by atoms with van der Waals surface area (Å²) in [6, 6.07) is 2.22. The van der Waals surface area contributed by atoms with Gasteiger partial charge in [-0.15, -0.1) is 12.4 Å². The minimum atomic E-state index is -4.25. The van der Waals surface area contributed by atoms with Crippen LogP contribution >= 0.6 is 24.0 Å². The first-order valence-corrected chi connectivity index (χ1v) is 8.33. The van der Waals surface area contributed by atoms with Crippen molar-refractivity contribution in [2.45, 2.75) is 32.0 Å². The fourth-order valence-electron chi connectivity index (χ4n) is 2.91. The fourth-order valence-corrected chi connectivity index (χ4v) is 3.18. The zero-order valence-corrected chi connectivity index (χ0v) is 15.4. The van der Waals surface area contributed by atoms with Crippen molar-refractivity contribution in [1.29, 1.82) is 0 Å². The summed E-state index contributed by atoms with van der Waals surface area (Å²) in [6.07, 6.45) is -5.30. The maximum atomic E-state index is 14.2. The predicted octanol–water partition coefficient (Wildman–Crippen LogP) is 4.59. The number of hydrogen-bond acceptors (Lipinski definition) is 3. The molecule has 9 heteroatoms. The highest BCUT2D eigenvalue weighted by Gasteiger charge is 2.32. The molecule has 1 saturated heterocycles. The lowest BCUT2D eigenvalue weighted by atomic mass is 9.99. The molecule has 0 radical (unpaired) electrons. The summed E-state index contributed by atoms with van der Waals surface area (Å²) in [7, 11) is 0. The Hall–Kier alpha value is -0.760. The fraction of sp³-hybridized carbons (Fsp3) is 0.625. The molecule has 1 aliphatic rings. The van der Waals surface area contributed by atoms with Crippen LogP contribution in [0, 0.1) is 5.82 Å². The van der Waals surface area contributed by atoms with Gasteiger partial charge in [0.15, 0.2) is 11.6 Å². The molecule has 144 valence electrons. The van der Waals surface area contributed by atoms with Gasteiger partial charge in [-0.2, -0.15) is 13.2 Å². The van der Waals surface area contributed by atoms with Crippen LogP contribution in [0.4, 0.5) is 17.6 Å². The number of rotatable bonds is 6. The van der Waals surface area contributed by atoms with Crippen LogP contribution < -0.4 is 10.1 Å².